The maximum atomic E-state index is 12.9. The summed E-state index contributed by atoms with van der Waals surface area (Å²) in [6.07, 6.45) is 3.84. The third kappa shape index (κ3) is 5.07. The smallest absolute Gasteiger partial charge is 0.241 e. The van der Waals surface area contributed by atoms with Crippen LogP contribution in [0.1, 0.15) is 18.0 Å². The van der Waals surface area contributed by atoms with Gasteiger partial charge in [-0.15, -0.1) is 11.8 Å². The van der Waals surface area contributed by atoms with E-state index < -0.39 is 10.0 Å². The van der Waals surface area contributed by atoms with Crippen LogP contribution >= 0.6 is 23.4 Å². The highest BCUT2D eigenvalue weighted by Crippen LogP contribution is 2.28. The van der Waals surface area contributed by atoms with Crippen LogP contribution in [0.3, 0.4) is 0 Å². The first-order chi connectivity index (χ1) is 14.9. The summed E-state index contributed by atoms with van der Waals surface area (Å²) in [5, 5.41) is 6.43. The Bertz CT molecular complexity index is 1280. The lowest BCUT2D eigenvalue weighted by Gasteiger charge is -2.19. The number of fused-ring (bicyclic) bond motifs is 1. The van der Waals surface area contributed by atoms with Gasteiger partial charge in [0.1, 0.15) is 11.4 Å². The third-order valence-electron chi connectivity index (χ3n) is 4.76. The molecule has 0 aliphatic heterocycles. The molecule has 4 rings (SSSR count). The van der Waals surface area contributed by atoms with E-state index in [1.807, 2.05) is 37.4 Å². The zero-order chi connectivity index (χ0) is 21.8. The van der Waals surface area contributed by atoms with Crippen LogP contribution in [0.4, 0.5) is 0 Å². The molecule has 0 unspecified atom stereocenters. The van der Waals surface area contributed by atoms with Crippen LogP contribution < -0.4 is 4.72 Å². The molecule has 0 amide bonds. The van der Waals surface area contributed by atoms with Gasteiger partial charge in [-0.25, -0.2) is 23.1 Å². The fraction of sp³-hybridized carbons (Fsp3) is 0.190. The molecule has 7 nitrogen and oxygen atoms in total. The molecule has 2 aromatic carbocycles. The van der Waals surface area contributed by atoms with Crippen LogP contribution in [-0.2, 0) is 17.1 Å². The molecule has 0 aliphatic rings. The van der Waals surface area contributed by atoms with Crippen molar-refractivity contribution in [2.75, 3.05) is 5.75 Å². The second kappa shape index (κ2) is 9.35. The summed E-state index contributed by atoms with van der Waals surface area (Å²) >= 11 is 7.45. The van der Waals surface area contributed by atoms with Gasteiger partial charge in [-0.2, -0.15) is 5.10 Å². The first kappa shape index (κ1) is 21.8. The van der Waals surface area contributed by atoms with E-state index in [1.54, 1.807) is 34.8 Å². The Morgan fingerprint density at radius 2 is 1.84 bits per heavy atom. The molecule has 4 aromatic rings. The predicted octanol–water partition coefficient (Wildman–Crippen LogP) is 4.22. The van der Waals surface area contributed by atoms with Crippen molar-refractivity contribution < 1.29 is 8.42 Å². The van der Waals surface area contributed by atoms with E-state index in [0.29, 0.717) is 17.2 Å². The minimum atomic E-state index is -3.71. The molecule has 0 bridgehead atoms. The Morgan fingerprint density at radius 1 is 1.10 bits per heavy atom. The molecule has 0 radical (unpaired) electrons. The second-order valence-electron chi connectivity index (χ2n) is 6.86. The number of halogens is 1. The minimum absolute atomic E-state index is 0.179. The molecule has 0 spiro atoms. The van der Waals surface area contributed by atoms with Crippen molar-refractivity contribution in [1.82, 2.24) is 24.5 Å². The summed E-state index contributed by atoms with van der Waals surface area (Å²) < 4.78 is 30.4. The van der Waals surface area contributed by atoms with Crippen LogP contribution in [0.15, 0.2) is 77.0 Å². The molecular weight excluding hydrogens is 454 g/mol. The Hall–Kier alpha value is -2.46. The van der Waals surface area contributed by atoms with Gasteiger partial charge in [0.05, 0.1) is 16.5 Å². The number of hydrogen-bond acceptors (Lipinski definition) is 6. The standard InChI is InChI=1S/C21H20ClN5O2S2/c1-27-20-18(13-25-27)21(24-14-23-20)30-12-11-19(15-5-3-2-4-6-15)26-31(28,29)17-9-7-16(22)8-10-17/h2-10,13-14,19,26H,11-12H2,1H3/t19-/m0/s1. The van der Waals surface area contributed by atoms with Crippen molar-refractivity contribution in [1.29, 1.82) is 0 Å². The fourth-order valence-electron chi connectivity index (χ4n) is 3.18. The zero-order valence-corrected chi connectivity index (χ0v) is 19.0. The molecule has 0 aliphatic carbocycles. The molecule has 0 fully saturated rings. The fourth-order valence-corrected chi connectivity index (χ4v) is 5.53. The summed E-state index contributed by atoms with van der Waals surface area (Å²) in [5.41, 5.74) is 1.66. The lowest BCUT2D eigenvalue weighted by atomic mass is 10.1. The van der Waals surface area contributed by atoms with E-state index in [4.69, 9.17) is 11.6 Å². The average Bonchev–Trinajstić information content (AvgIpc) is 3.16. The quantitative estimate of drug-likeness (QED) is 0.304. The van der Waals surface area contributed by atoms with Gasteiger partial charge in [0.2, 0.25) is 10.0 Å². The highest BCUT2D eigenvalue weighted by Gasteiger charge is 2.21. The Morgan fingerprint density at radius 3 is 2.58 bits per heavy atom. The first-order valence-corrected chi connectivity index (χ1v) is 12.4. The van der Waals surface area contributed by atoms with Gasteiger partial charge in [0.15, 0.2) is 5.65 Å². The van der Waals surface area contributed by atoms with Gasteiger partial charge in [0.25, 0.3) is 0 Å². The van der Waals surface area contributed by atoms with Gasteiger partial charge >= 0.3 is 0 Å². The molecule has 2 heterocycles. The normalized spacial score (nSPS) is 12.8. The van der Waals surface area contributed by atoms with Crippen molar-refractivity contribution in [2.24, 2.45) is 7.05 Å². The van der Waals surface area contributed by atoms with E-state index in [2.05, 4.69) is 19.8 Å². The molecule has 1 atom stereocenters. The van der Waals surface area contributed by atoms with E-state index >= 15 is 0 Å². The topological polar surface area (TPSA) is 89.8 Å². The summed E-state index contributed by atoms with van der Waals surface area (Å²) in [6, 6.07) is 15.3. The van der Waals surface area contributed by atoms with E-state index in [-0.39, 0.29) is 10.9 Å². The number of nitrogens with one attached hydrogen (secondary N) is 1. The molecular formula is C21H20ClN5O2S2. The van der Waals surface area contributed by atoms with Crippen LogP contribution in [-0.4, -0.2) is 33.9 Å². The summed E-state index contributed by atoms with van der Waals surface area (Å²) in [7, 11) is -1.87. The molecule has 31 heavy (non-hydrogen) atoms. The first-order valence-electron chi connectivity index (χ1n) is 9.52. The van der Waals surface area contributed by atoms with Crippen molar-refractivity contribution >= 4 is 44.4 Å². The summed E-state index contributed by atoms with van der Waals surface area (Å²) in [6.45, 7) is 0. The lowest BCUT2D eigenvalue weighted by molar-refractivity contribution is 0.551. The molecule has 0 saturated heterocycles. The number of rotatable bonds is 8. The maximum absolute atomic E-state index is 12.9. The number of hydrogen-bond donors (Lipinski definition) is 1. The Labute approximate surface area is 189 Å². The van der Waals surface area contributed by atoms with Crippen molar-refractivity contribution in [3.05, 3.63) is 77.7 Å². The lowest BCUT2D eigenvalue weighted by Crippen LogP contribution is -2.29. The minimum Gasteiger partial charge on any atom is -0.250 e. The van der Waals surface area contributed by atoms with Crippen molar-refractivity contribution in [3.8, 4) is 0 Å². The van der Waals surface area contributed by atoms with Crippen molar-refractivity contribution in [3.63, 3.8) is 0 Å². The molecule has 160 valence electrons. The third-order valence-corrected chi connectivity index (χ3v) is 7.54. The number of thioether (sulfide) groups is 1. The number of aryl methyl sites for hydroxylation is 1. The van der Waals surface area contributed by atoms with Crippen LogP contribution in [0, 0.1) is 0 Å². The maximum Gasteiger partial charge on any atom is 0.241 e. The van der Waals surface area contributed by atoms with E-state index in [1.165, 1.54) is 18.5 Å². The molecule has 2 aromatic heterocycles. The van der Waals surface area contributed by atoms with Crippen LogP contribution in [0.25, 0.3) is 11.0 Å². The van der Waals surface area contributed by atoms with Gasteiger partial charge in [0, 0.05) is 23.9 Å². The molecule has 0 saturated carbocycles. The molecule has 1 N–H and O–H groups in total. The number of nitrogens with zero attached hydrogens (tertiary/aromatic N) is 4. The highest BCUT2D eigenvalue weighted by atomic mass is 35.5. The van der Waals surface area contributed by atoms with Crippen LogP contribution in [0.2, 0.25) is 5.02 Å². The number of aromatic nitrogens is 4. The van der Waals surface area contributed by atoms with E-state index in [0.717, 1.165) is 21.6 Å². The Balaban J connectivity index is 1.52. The Kier molecular flexibility index (Phi) is 6.57. The average molecular weight is 474 g/mol. The molecule has 10 heteroatoms. The van der Waals surface area contributed by atoms with Gasteiger partial charge in [-0.05, 0) is 36.2 Å². The van der Waals surface area contributed by atoms with E-state index in [9.17, 15) is 8.42 Å². The summed E-state index contributed by atoms with van der Waals surface area (Å²) in [5.74, 6) is 0.656. The van der Waals surface area contributed by atoms with Gasteiger partial charge in [-0.3, -0.25) is 4.68 Å². The zero-order valence-electron chi connectivity index (χ0n) is 16.6. The summed E-state index contributed by atoms with van der Waals surface area (Å²) in [4.78, 5) is 8.80. The van der Waals surface area contributed by atoms with Crippen molar-refractivity contribution in [2.45, 2.75) is 22.4 Å². The SMILES string of the molecule is Cn1ncc2c(SCC[C@H](NS(=O)(=O)c3ccc(Cl)cc3)c3ccccc3)ncnc21. The number of benzene rings is 2. The van der Waals surface area contributed by atoms with Crippen LogP contribution in [0.5, 0.6) is 0 Å². The largest absolute Gasteiger partial charge is 0.250 e. The second-order valence-corrected chi connectivity index (χ2v) is 10.1. The number of sulfonamides is 1. The monoisotopic (exact) mass is 473 g/mol. The van der Waals surface area contributed by atoms with Gasteiger partial charge in [-0.1, -0.05) is 41.9 Å². The van der Waals surface area contributed by atoms with Gasteiger partial charge < -0.3 is 0 Å². The highest BCUT2D eigenvalue weighted by molar-refractivity contribution is 7.99. The predicted molar refractivity (Wildman–Crippen MR) is 123 cm³/mol.